The first-order chi connectivity index (χ1) is 7.78. The van der Waals surface area contributed by atoms with Gasteiger partial charge in [-0.15, -0.1) is 0 Å². The van der Waals surface area contributed by atoms with Crippen molar-refractivity contribution < 1.29 is 5.11 Å². The Labute approximate surface area is 103 Å². The van der Waals surface area contributed by atoms with Gasteiger partial charge in [0.05, 0.1) is 6.10 Å². The summed E-state index contributed by atoms with van der Waals surface area (Å²) in [6.45, 7) is 8.91. The van der Waals surface area contributed by atoms with E-state index in [2.05, 4.69) is 23.9 Å². The van der Waals surface area contributed by atoms with Gasteiger partial charge in [0.1, 0.15) is 12.2 Å². The maximum absolute atomic E-state index is 9.95. The third-order valence-corrected chi connectivity index (χ3v) is 2.41. The highest BCUT2D eigenvalue weighted by atomic mass is 16.3. The lowest BCUT2D eigenvalue weighted by Gasteiger charge is -2.22. The van der Waals surface area contributed by atoms with Gasteiger partial charge in [-0.25, -0.2) is 9.67 Å². The fourth-order valence-corrected chi connectivity index (χ4v) is 1.83. The highest BCUT2D eigenvalue weighted by Gasteiger charge is 2.19. The minimum absolute atomic E-state index is 0.359. The SMILES string of the molecule is CC(C)Cn1ncnc1CC(O)CC(C)(C)N. The summed E-state index contributed by atoms with van der Waals surface area (Å²) >= 11 is 0. The smallest absolute Gasteiger partial charge is 0.138 e. The third-order valence-electron chi connectivity index (χ3n) is 2.41. The molecule has 1 atom stereocenters. The van der Waals surface area contributed by atoms with E-state index in [1.807, 2.05) is 18.5 Å². The largest absolute Gasteiger partial charge is 0.393 e. The molecule has 0 aliphatic rings. The first-order valence-electron chi connectivity index (χ1n) is 6.11. The van der Waals surface area contributed by atoms with Crippen molar-refractivity contribution in [2.24, 2.45) is 11.7 Å². The zero-order chi connectivity index (χ0) is 13.1. The van der Waals surface area contributed by atoms with Gasteiger partial charge < -0.3 is 10.8 Å². The molecule has 0 radical (unpaired) electrons. The molecule has 0 aliphatic carbocycles. The van der Waals surface area contributed by atoms with Gasteiger partial charge in [0.2, 0.25) is 0 Å². The van der Waals surface area contributed by atoms with Crippen LogP contribution in [0.15, 0.2) is 6.33 Å². The van der Waals surface area contributed by atoms with Crippen LogP contribution in [0.5, 0.6) is 0 Å². The lowest BCUT2D eigenvalue weighted by molar-refractivity contribution is 0.136. The van der Waals surface area contributed by atoms with Crippen LogP contribution in [0.25, 0.3) is 0 Å². The molecule has 17 heavy (non-hydrogen) atoms. The van der Waals surface area contributed by atoms with Crippen LogP contribution in [0.3, 0.4) is 0 Å². The molecule has 98 valence electrons. The van der Waals surface area contributed by atoms with Crippen LogP contribution in [0, 0.1) is 5.92 Å². The number of nitrogens with zero attached hydrogens (tertiary/aromatic N) is 3. The van der Waals surface area contributed by atoms with Crippen molar-refractivity contribution in [1.82, 2.24) is 14.8 Å². The number of hydrogen-bond acceptors (Lipinski definition) is 4. The van der Waals surface area contributed by atoms with Gasteiger partial charge in [0, 0.05) is 18.5 Å². The Bertz CT molecular complexity index is 341. The molecule has 0 saturated carbocycles. The van der Waals surface area contributed by atoms with E-state index in [0.717, 1.165) is 12.4 Å². The van der Waals surface area contributed by atoms with Gasteiger partial charge in [0.15, 0.2) is 0 Å². The molecule has 1 aromatic heterocycles. The van der Waals surface area contributed by atoms with E-state index >= 15 is 0 Å². The van der Waals surface area contributed by atoms with Crippen LogP contribution >= 0.6 is 0 Å². The topological polar surface area (TPSA) is 77.0 Å². The van der Waals surface area contributed by atoms with E-state index in [1.54, 1.807) is 0 Å². The number of nitrogens with two attached hydrogens (primary N) is 1. The fourth-order valence-electron chi connectivity index (χ4n) is 1.83. The molecule has 1 rings (SSSR count). The quantitative estimate of drug-likeness (QED) is 0.776. The average molecular weight is 240 g/mol. The maximum atomic E-state index is 9.95. The lowest BCUT2D eigenvalue weighted by Crippen LogP contribution is -2.37. The molecule has 0 saturated heterocycles. The zero-order valence-electron chi connectivity index (χ0n) is 11.2. The molecule has 0 spiro atoms. The van der Waals surface area contributed by atoms with Crippen molar-refractivity contribution >= 4 is 0 Å². The third kappa shape index (κ3) is 5.28. The Balaban J connectivity index is 2.59. The first-order valence-corrected chi connectivity index (χ1v) is 6.11. The minimum Gasteiger partial charge on any atom is -0.393 e. The Morgan fingerprint density at radius 1 is 1.47 bits per heavy atom. The molecule has 5 nitrogen and oxygen atoms in total. The summed E-state index contributed by atoms with van der Waals surface area (Å²) in [7, 11) is 0. The average Bonchev–Trinajstić information content (AvgIpc) is 2.47. The highest BCUT2D eigenvalue weighted by Crippen LogP contribution is 2.12. The van der Waals surface area contributed by atoms with Gasteiger partial charge in [-0.2, -0.15) is 5.10 Å². The van der Waals surface area contributed by atoms with Crippen molar-refractivity contribution in [3.05, 3.63) is 12.2 Å². The Kier molecular flexibility index (Phi) is 4.65. The summed E-state index contributed by atoms with van der Waals surface area (Å²) in [5.74, 6) is 1.34. The second kappa shape index (κ2) is 5.60. The van der Waals surface area contributed by atoms with Crippen LogP contribution < -0.4 is 5.73 Å². The zero-order valence-corrected chi connectivity index (χ0v) is 11.2. The van der Waals surface area contributed by atoms with E-state index in [0.29, 0.717) is 18.8 Å². The van der Waals surface area contributed by atoms with E-state index in [9.17, 15) is 5.11 Å². The van der Waals surface area contributed by atoms with Crippen molar-refractivity contribution in [1.29, 1.82) is 0 Å². The number of hydrogen-bond donors (Lipinski definition) is 2. The molecule has 0 fully saturated rings. The second-order valence-corrected chi connectivity index (χ2v) is 5.80. The predicted molar refractivity (Wildman–Crippen MR) is 67.5 cm³/mol. The second-order valence-electron chi connectivity index (χ2n) is 5.80. The highest BCUT2D eigenvalue weighted by molar-refractivity contribution is 4.90. The monoisotopic (exact) mass is 240 g/mol. The molecule has 0 bridgehead atoms. The van der Waals surface area contributed by atoms with Crippen LogP contribution in [0.1, 0.15) is 39.9 Å². The molecule has 5 heteroatoms. The molecule has 0 aromatic carbocycles. The summed E-state index contributed by atoms with van der Waals surface area (Å²) in [6, 6.07) is 0. The van der Waals surface area contributed by atoms with E-state index < -0.39 is 6.10 Å². The van der Waals surface area contributed by atoms with Gasteiger partial charge in [-0.1, -0.05) is 13.8 Å². The first kappa shape index (κ1) is 14.1. The normalized spacial score (nSPS) is 14.3. The summed E-state index contributed by atoms with van der Waals surface area (Å²) in [6.07, 6.45) is 2.14. The Morgan fingerprint density at radius 3 is 2.65 bits per heavy atom. The van der Waals surface area contributed by atoms with Crippen LogP contribution in [-0.2, 0) is 13.0 Å². The van der Waals surface area contributed by atoms with Gasteiger partial charge in [-0.3, -0.25) is 0 Å². The number of aliphatic hydroxyl groups excluding tert-OH is 1. The van der Waals surface area contributed by atoms with Gasteiger partial charge in [-0.05, 0) is 26.2 Å². The maximum Gasteiger partial charge on any atom is 0.138 e. The number of aliphatic hydroxyl groups is 1. The lowest BCUT2D eigenvalue weighted by atomic mass is 9.96. The van der Waals surface area contributed by atoms with Gasteiger partial charge in [0.25, 0.3) is 0 Å². The fraction of sp³-hybridized carbons (Fsp3) is 0.833. The molecule has 0 aliphatic heterocycles. The van der Waals surface area contributed by atoms with E-state index in [1.165, 1.54) is 6.33 Å². The minimum atomic E-state index is -0.467. The van der Waals surface area contributed by atoms with Crippen molar-refractivity contribution in [2.75, 3.05) is 0 Å². The Morgan fingerprint density at radius 2 is 2.12 bits per heavy atom. The predicted octanol–water partition coefficient (Wildman–Crippen LogP) is 0.965. The van der Waals surface area contributed by atoms with Crippen LogP contribution in [0.2, 0.25) is 0 Å². The molecule has 3 N–H and O–H groups in total. The van der Waals surface area contributed by atoms with E-state index in [4.69, 9.17) is 5.73 Å². The van der Waals surface area contributed by atoms with Crippen LogP contribution in [-0.4, -0.2) is 31.5 Å². The standard InChI is InChI=1S/C12H24N4O/c1-9(2)7-16-11(14-8-15-16)5-10(17)6-12(3,4)13/h8-10,17H,5-7,13H2,1-4H3. The van der Waals surface area contributed by atoms with E-state index in [-0.39, 0.29) is 5.54 Å². The number of rotatable bonds is 6. The van der Waals surface area contributed by atoms with Crippen LogP contribution in [0.4, 0.5) is 0 Å². The summed E-state index contributed by atoms with van der Waals surface area (Å²) < 4.78 is 1.86. The van der Waals surface area contributed by atoms with Crippen molar-refractivity contribution in [3.8, 4) is 0 Å². The van der Waals surface area contributed by atoms with Crippen molar-refractivity contribution in [2.45, 2.75) is 58.7 Å². The molecule has 1 aromatic rings. The molecular weight excluding hydrogens is 216 g/mol. The summed E-state index contributed by atoms with van der Waals surface area (Å²) in [5.41, 5.74) is 5.52. The van der Waals surface area contributed by atoms with Crippen molar-refractivity contribution in [3.63, 3.8) is 0 Å². The van der Waals surface area contributed by atoms with Gasteiger partial charge >= 0.3 is 0 Å². The molecule has 1 heterocycles. The molecular formula is C12H24N4O. The molecule has 1 unspecified atom stereocenters. The molecule has 0 amide bonds. The Hall–Kier alpha value is -0.940. The summed E-state index contributed by atoms with van der Waals surface area (Å²) in [4.78, 5) is 4.19. The summed E-state index contributed by atoms with van der Waals surface area (Å²) in [5, 5.41) is 14.1. The number of aromatic nitrogens is 3.